The van der Waals surface area contributed by atoms with Crippen molar-refractivity contribution in [3.63, 3.8) is 0 Å². The zero-order chi connectivity index (χ0) is 16.7. The normalized spacial score (nSPS) is 10.4. The first kappa shape index (κ1) is 16.6. The van der Waals surface area contributed by atoms with Crippen molar-refractivity contribution >= 4 is 11.4 Å². The van der Waals surface area contributed by atoms with Crippen molar-refractivity contribution in [1.29, 1.82) is 0 Å². The lowest BCUT2D eigenvalue weighted by Gasteiger charge is -2.10. The molecule has 0 aromatic heterocycles. The third kappa shape index (κ3) is 4.58. The van der Waals surface area contributed by atoms with Gasteiger partial charge >= 0.3 is 0 Å². The molecule has 0 atom stereocenters. The number of carbonyl (C=O) groups excluding carboxylic acids is 1. The number of carbonyl (C=O) groups is 1. The van der Waals surface area contributed by atoms with Gasteiger partial charge in [-0.3, -0.25) is 4.79 Å². The minimum absolute atomic E-state index is 0.0186. The Morgan fingerprint density at radius 3 is 1.61 bits per heavy atom. The van der Waals surface area contributed by atoms with E-state index in [0.717, 1.165) is 28.2 Å². The van der Waals surface area contributed by atoms with Crippen LogP contribution >= 0.6 is 0 Å². The Labute approximate surface area is 136 Å². The van der Waals surface area contributed by atoms with Crippen LogP contribution in [0.25, 0.3) is 5.57 Å². The Bertz CT molecular complexity index is 658. The highest BCUT2D eigenvalue weighted by atomic mass is 16.5. The number of allylic oxidation sites excluding steroid dienone is 3. The molecule has 2 rings (SSSR count). The van der Waals surface area contributed by atoms with Gasteiger partial charge in [0.15, 0.2) is 5.78 Å². The van der Waals surface area contributed by atoms with Gasteiger partial charge in [-0.15, -0.1) is 0 Å². The summed E-state index contributed by atoms with van der Waals surface area (Å²) < 4.78 is 10.4. The van der Waals surface area contributed by atoms with E-state index in [-0.39, 0.29) is 5.78 Å². The molecule has 3 heteroatoms. The fourth-order valence-electron chi connectivity index (χ4n) is 2.18. The number of methoxy groups -OCH3 is 2. The van der Waals surface area contributed by atoms with E-state index in [1.165, 1.54) is 6.92 Å². The minimum atomic E-state index is 0.0186. The lowest BCUT2D eigenvalue weighted by Crippen LogP contribution is -1.90. The maximum Gasteiger partial charge on any atom is 0.152 e. The van der Waals surface area contributed by atoms with Crippen molar-refractivity contribution in [2.75, 3.05) is 14.2 Å². The molecule has 118 valence electrons. The molecule has 0 amide bonds. The second kappa shape index (κ2) is 7.99. The van der Waals surface area contributed by atoms with Gasteiger partial charge in [0, 0.05) is 0 Å². The molecule has 0 aliphatic rings. The Balaban J connectivity index is 2.42. The third-order valence-corrected chi connectivity index (χ3v) is 3.40. The predicted molar refractivity (Wildman–Crippen MR) is 92.9 cm³/mol. The molecule has 0 spiro atoms. The van der Waals surface area contributed by atoms with E-state index < -0.39 is 0 Å². The summed E-state index contributed by atoms with van der Waals surface area (Å²) in [5.41, 5.74) is 3.11. The van der Waals surface area contributed by atoms with Gasteiger partial charge in [0.05, 0.1) is 14.2 Å². The fraction of sp³-hybridized carbons (Fsp3) is 0.150. The molecule has 0 heterocycles. The predicted octanol–water partition coefficient (Wildman–Crippen LogP) is 4.28. The zero-order valence-electron chi connectivity index (χ0n) is 13.6. The van der Waals surface area contributed by atoms with Gasteiger partial charge < -0.3 is 9.47 Å². The van der Waals surface area contributed by atoms with Crippen LogP contribution in [0.1, 0.15) is 18.1 Å². The summed E-state index contributed by atoms with van der Waals surface area (Å²) in [5.74, 6) is 1.63. The Morgan fingerprint density at radius 1 is 0.826 bits per heavy atom. The number of ketones is 1. The molecule has 0 radical (unpaired) electrons. The van der Waals surface area contributed by atoms with E-state index in [4.69, 9.17) is 9.47 Å². The lowest BCUT2D eigenvalue weighted by molar-refractivity contribution is -0.112. The van der Waals surface area contributed by atoms with E-state index in [9.17, 15) is 4.79 Å². The number of ether oxygens (including phenoxy) is 2. The van der Waals surface area contributed by atoms with Crippen molar-refractivity contribution in [3.8, 4) is 11.5 Å². The maximum absolute atomic E-state index is 11.1. The van der Waals surface area contributed by atoms with E-state index in [0.29, 0.717) is 0 Å². The molecule has 3 nitrogen and oxygen atoms in total. The fourth-order valence-corrected chi connectivity index (χ4v) is 2.18. The van der Waals surface area contributed by atoms with Gasteiger partial charge in [-0.25, -0.2) is 0 Å². The maximum atomic E-state index is 11.1. The first-order valence-electron chi connectivity index (χ1n) is 7.32. The quantitative estimate of drug-likeness (QED) is 0.590. The summed E-state index contributed by atoms with van der Waals surface area (Å²) >= 11 is 0. The number of benzene rings is 2. The monoisotopic (exact) mass is 308 g/mol. The van der Waals surface area contributed by atoms with E-state index in [1.807, 2.05) is 54.6 Å². The average Bonchev–Trinajstić information content (AvgIpc) is 2.59. The van der Waals surface area contributed by atoms with Gasteiger partial charge in [0.25, 0.3) is 0 Å². The molecule has 0 bridgehead atoms. The second-order valence-corrected chi connectivity index (χ2v) is 5.01. The van der Waals surface area contributed by atoms with Crippen LogP contribution in [0.2, 0.25) is 0 Å². The molecule has 0 saturated heterocycles. The molecular weight excluding hydrogens is 288 g/mol. The number of hydrogen-bond acceptors (Lipinski definition) is 3. The van der Waals surface area contributed by atoms with Crippen LogP contribution in [-0.4, -0.2) is 20.0 Å². The molecule has 0 unspecified atom stereocenters. The zero-order valence-corrected chi connectivity index (χ0v) is 13.6. The smallest absolute Gasteiger partial charge is 0.152 e. The Kier molecular flexibility index (Phi) is 5.75. The molecular formula is C20H20O3. The van der Waals surface area contributed by atoms with Crippen molar-refractivity contribution in [2.24, 2.45) is 0 Å². The molecule has 0 aliphatic heterocycles. The third-order valence-electron chi connectivity index (χ3n) is 3.40. The highest BCUT2D eigenvalue weighted by molar-refractivity contribution is 5.88. The highest BCUT2D eigenvalue weighted by Crippen LogP contribution is 2.27. The van der Waals surface area contributed by atoms with Crippen molar-refractivity contribution in [1.82, 2.24) is 0 Å². The topological polar surface area (TPSA) is 35.5 Å². The average molecular weight is 308 g/mol. The van der Waals surface area contributed by atoms with Crippen LogP contribution in [0.3, 0.4) is 0 Å². The number of rotatable bonds is 6. The van der Waals surface area contributed by atoms with Gasteiger partial charge in [-0.1, -0.05) is 36.4 Å². The molecule has 0 saturated carbocycles. The molecule has 2 aromatic rings. The van der Waals surface area contributed by atoms with Crippen molar-refractivity contribution in [3.05, 3.63) is 77.9 Å². The molecule has 23 heavy (non-hydrogen) atoms. The van der Waals surface area contributed by atoms with E-state index >= 15 is 0 Å². The van der Waals surface area contributed by atoms with Gasteiger partial charge in [0.2, 0.25) is 0 Å². The summed E-state index contributed by atoms with van der Waals surface area (Å²) in [7, 11) is 3.29. The van der Waals surface area contributed by atoms with E-state index in [2.05, 4.69) is 0 Å². The van der Waals surface area contributed by atoms with Gasteiger partial charge in [-0.2, -0.15) is 0 Å². The first-order valence-corrected chi connectivity index (χ1v) is 7.32. The minimum Gasteiger partial charge on any atom is -0.497 e. The number of hydrogen-bond donors (Lipinski definition) is 0. The summed E-state index contributed by atoms with van der Waals surface area (Å²) in [6.07, 6.45) is 5.25. The first-order chi connectivity index (χ1) is 11.1. The molecule has 0 aliphatic carbocycles. The standard InChI is InChI=1S/C20H20O3/c1-15(21)5-4-6-20(16-7-11-18(22-2)12-8-16)17-9-13-19(23-3)14-10-17/h4-14H,1-3H3/b5-4+. The molecule has 0 N–H and O–H groups in total. The highest BCUT2D eigenvalue weighted by Gasteiger charge is 2.05. The Hall–Kier alpha value is -2.81. The van der Waals surface area contributed by atoms with Crippen LogP contribution in [0.15, 0.2) is 66.8 Å². The molecule has 0 fully saturated rings. The summed E-state index contributed by atoms with van der Waals surface area (Å²) in [4.78, 5) is 11.1. The van der Waals surface area contributed by atoms with Crippen LogP contribution in [0, 0.1) is 0 Å². The largest absolute Gasteiger partial charge is 0.497 e. The van der Waals surface area contributed by atoms with E-state index in [1.54, 1.807) is 26.4 Å². The van der Waals surface area contributed by atoms with Crippen LogP contribution in [-0.2, 0) is 4.79 Å². The van der Waals surface area contributed by atoms with Crippen LogP contribution in [0.5, 0.6) is 11.5 Å². The van der Waals surface area contributed by atoms with Gasteiger partial charge in [-0.05, 0) is 54.0 Å². The summed E-state index contributed by atoms with van der Waals surface area (Å²) in [5, 5.41) is 0. The molecule has 2 aromatic carbocycles. The SMILES string of the molecule is COc1ccc(C(=C/C=C/C(C)=O)c2ccc(OC)cc2)cc1. The van der Waals surface area contributed by atoms with Crippen molar-refractivity contribution < 1.29 is 14.3 Å². The summed E-state index contributed by atoms with van der Waals surface area (Å²) in [6, 6.07) is 15.7. The summed E-state index contributed by atoms with van der Waals surface area (Å²) in [6.45, 7) is 1.53. The Morgan fingerprint density at radius 2 is 1.26 bits per heavy atom. The van der Waals surface area contributed by atoms with Gasteiger partial charge in [0.1, 0.15) is 11.5 Å². The van der Waals surface area contributed by atoms with Crippen molar-refractivity contribution in [2.45, 2.75) is 6.92 Å². The van der Waals surface area contributed by atoms with Crippen LogP contribution < -0.4 is 9.47 Å². The lowest BCUT2D eigenvalue weighted by atomic mass is 9.97. The van der Waals surface area contributed by atoms with Crippen LogP contribution in [0.4, 0.5) is 0 Å². The second-order valence-electron chi connectivity index (χ2n) is 5.01.